The molecule has 3 aromatic carbocycles. The van der Waals surface area contributed by atoms with Crippen molar-refractivity contribution < 1.29 is 14.5 Å². The van der Waals surface area contributed by atoms with E-state index in [1.807, 2.05) is 49.6 Å². The molecule has 1 aromatic heterocycles. The van der Waals surface area contributed by atoms with E-state index in [1.165, 1.54) is 47.4 Å². The molecule has 0 bridgehead atoms. The van der Waals surface area contributed by atoms with Crippen LogP contribution in [-0.4, -0.2) is 22.0 Å². The highest BCUT2D eigenvalue weighted by atomic mass is 32.2. The van der Waals surface area contributed by atoms with Gasteiger partial charge in [0.25, 0.3) is 11.6 Å². The molecule has 2 N–H and O–H groups in total. The number of hydrogen-bond acceptors (Lipinski definition) is 7. The van der Waals surface area contributed by atoms with Crippen molar-refractivity contribution in [1.29, 1.82) is 5.26 Å². The maximum atomic E-state index is 13.2. The molecule has 0 fully saturated rings. The molecule has 196 valence electrons. The van der Waals surface area contributed by atoms with Crippen LogP contribution in [0.5, 0.6) is 0 Å². The Morgan fingerprint density at radius 2 is 1.79 bits per heavy atom. The number of rotatable bonds is 9. The molecule has 0 spiro atoms. The number of anilines is 2. The number of carbonyl (C=O) groups is 2. The van der Waals surface area contributed by atoms with Crippen molar-refractivity contribution in [2.45, 2.75) is 30.4 Å². The van der Waals surface area contributed by atoms with Gasteiger partial charge in [0.2, 0.25) is 5.91 Å². The first-order valence-electron chi connectivity index (χ1n) is 12.0. The minimum Gasteiger partial charge on any atom is -0.322 e. The number of amides is 2. The van der Waals surface area contributed by atoms with Crippen molar-refractivity contribution in [1.82, 2.24) is 0 Å². The zero-order chi connectivity index (χ0) is 27.9. The van der Waals surface area contributed by atoms with Crippen LogP contribution in [0.25, 0.3) is 11.1 Å². The van der Waals surface area contributed by atoms with Gasteiger partial charge in [0.1, 0.15) is 11.1 Å². The summed E-state index contributed by atoms with van der Waals surface area (Å²) in [6.45, 7) is 3.91. The minimum absolute atomic E-state index is 0.0929. The molecule has 0 aliphatic heterocycles. The Balaban J connectivity index is 1.44. The SMILES string of the molecule is CCC(Sc1cccc(NC(=O)c2ccc([N+](=O)[O-])cc2)c1)C(=O)Nc1scc(-c2ccc(C)cc2)c1C#N. The predicted molar refractivity (Wildman–Crippen MR) is 155 cm³/mol. The molecule has 0 radical (unpaired) electrons. The molecule has 2 amide bonds. The van der Waals surface area contributed by atoms with Gasteiger partial charge < -0.3 is 10.6 Å². The lowest BCUT2D eigenvalue weighted by Gasteiger charge is -2.15. The first-order valence-corrected chi connectivity index (χ1v) is 13.8. The van der Waals surface area contributed by atoms with E-state index in [9.17, 15) is 25.0 Å². The molecule has 0 saturated carbocycles. The lowest BCUT2D eigenvalue weighted by molar-refractivity contribution is -0.384. The maximum Gasteiger partial charge on any atom is 0.269 e. The molecule has 10 heteroatoms. The molecule has 39 heavy (non-hydrogen) atoms. The van der Waals surface area contributed by atoms with Crippen molar-refractivity contribution in [3.05, 3.63) is 105 Å². The molecular weight excluding hydrogens is 532 g/mol. The number of thiophene rings is 1. The number of aryl methyl sites for hydroxylation is 1. The number of hydrogen-bond donors (Lipinski definition) is 2. The van der Waals surface area contributed by atoms with E-state index < -0.39 is 16.1 Å². The summed E-state index contributed by atoms with van der Waals surface area (Å²) in [6.07, 6.45) is 0.550. The van der Waals surface area contributed by atoms with E-state index in [-0.39, 0.29) is 11.6 Å². The first kappa shape index (κ1) is 27.6. The van der Waals surface area contributed by atoms with Gasteiger partial charge in [-0.15, -0.1) is 23.1 Å². The quantitative estimate of drug-likeness (QED) is 0.127. The lowest BCUT2D eigenvalue weighted by Crippen LogP contribution is -2.24. The molecule has 4 aromatic rings. The van der Waals surface area contributed by atoms with Crippen molar-refractivity contribution in [2.24, 2.45) is 0 Å². The van der Waals surface area contributed by atoms with Crippen LogP contribution in [0.1, 0.15) is 34.8 Å². The van der Waals surface area contributed by atoms with E-state index in [0.717, 1.165) is 21.6 Å². The van der Waals surface area contributed by atoms with Gasteiger partial charge in [-0.2, -0.15) is 5.26 Å². The van der Waals surface area contributed by atoms with Gasteiger partial charge in [0.15, 0.2) is 0 Å². The van der Waals surface area contributed by atoms with Crippen LogP contribution in [0.3, 0.4) is 0 Å². The van der Waals surface area contributed by atoms with E-state index in [4.69, 9.17) is 0 Å². The Hall–Kier alpha value is -4.46. The molecule has 1 unspecified atom stereocenters. The second-order valence-electron chi connectivity index (χ2n) is 8.62. The van der Waals surface area contributed by atoms with E-state index >= 15 is 0 Å². The number of carbonyl (C=O) groups excluding carboxylic acids is 2. The second-order valence-corrected chi connectivity index (χ2v) is 10.8. The molecule has 4 rings (SSSR count). The number of nitriles is 1. The molecule has 0 aliphatic carbocycles. The number of thioether (sulfide) groups is 1. The zero-order valence-corrected chi connectivity index (χ0v) is 22.8. The fourth-order valence-electron chi connectivity index (χ4n) is 3.77. The molecular formula is C29H24N4O4S2. The van der Waals surface area contributed by atoms with Gasteiger partial charge in [-0.1, -0.05) is 42.8 Å². The number of nitrogens with one attached hydrogen (secondary N) is 2. The summed E-state index contributed by atoms with van der Waals surface area (Å²) < 4.78 is 0. The van der Waals surface area contributed by atoms with Crippen molar-refractivity contribution in [3.8, 4) is 17.2 Å². The maximum absolute atomic E-state index is 13.2. The topological polar surface area (TPSA) is 125 Å². The Bertz CT molecular complexity index is 1560. The lowest BCUT2D eigenvalue weighted by atomic mass is 10.0. The highest BCUT2D eigenvalue weighted by Crippen LogP contribution is 2.36. The Labute approximate surface area is 233 Å². The summed E-state index contributed by atoms with van der Waals surface area (Å²) in [4.78, 5) is 36.9. The van der Waals surface area contributed by atoms with Crippen LogP contribution >= 0.6 is 23.1 Å². The summed E-state index contributed by atoms with van der Waals surface area (Å²) >= 11 is 2.68. The standard InChI is InChI=1S/C29H24N4O4S2/c1-3-26(28(35)32-29-24(16-30)25(17-38-29)19-9-7-18(2)8-10-19)39-23-6-4-5-21(15-23)31-27(34)20-11-13-22(14-12-20)33(36)37/h4-15,17,26H,3H2,1-2H3,(H,31,34)(H,32,35). The Morgan fingerprint density at radius 3 is 2.44 bits per heavy atom. The third-order valence-electron chi connectivity index (χ3n) is 5.88. The molecule has 0 saturated heterocycles. The van der Waals surface area contributed by atoms with Crippen molar-refractivity contribution in [2.75, 3.05) is 10.6 Å². The summed E-state index contributed by atoms with van der Waals surface area (Å²) in [6, 6.07) is 22.6. The van der Waals surface area contributed by atoms with Gasteiger partial charge >= 0.3 is 0 Å². The monoisotopic (exact) mass is 556 g/mol. The van der Waals surface area contributed by atoms with Crippen LogP contribution in [0.2, 0.25) is 0 Å². The highest BCUT2D eigenvalue weighted by molar-refractivity contribution is 8.00. The van der Waals surface area contributed by atoms with Crippen LogP contribution in [-0.2, 0) is 4.79 Å². The number of non-ortho nitro benzene ring substituents is 1. The van der Waals surface area contributed by atoms with E-state index in [2.05, 4.69) is 16.7 Å². The fraction of sp³-hybridized carbons (Fsp3) is 0.138. The third-order valence-corrected chi connectivity index (χ3v) is 8.13. The van der Waals surface area contributed by atoms with Gasteiger partial charge in [-0.25, -0.2) is 0 Å². The third kappa shape index (κ3) is 6.71. The average Bonchev–Trinajstić information content (AvgIpc) is 3.34. The average molecular weight is 557 g/mol. The predicted octanol–water partition coefficient (Wildman–Crippen LogP) is 7.27. The molecule has 8 nitrogen and oxygen atoms in total. The van der Waals surface area contributed by atoms with Gasteiger partial charge in [0.05, 0.1) is 15.7 Å². The van der Waals surface area contributed by atoms with Crippen LogP contribution in [0, 0.1) is 28.4 Å². The van der Waals surface area contributed by atoms with Gasteiger partial charge in [-0.3, -0.25) is 19.7 Å². The second kappa shape index (κ2) is 12.4. The first-order chi connectivity index (χ1) is 18.8. The van der Waals surface area contributed by atoms with Crippen LogP contribution < -0.4 is 10.6 Å². The molecule has 1 atom stereocenters. The summed E-state index contributed by atoms with van der Waals surface area (Å²) in [5, 5.41) is 28.3. The van der Waals surface area contributed by atoms with Gasteiger partial charge in [-0.05, 0) is 49.2 Å². The van der Waals surface area contributed by atoms with Crippen LogP contribution in [0.4, 0.5) is 16.4 Å². The van der Waals surface area contributed by atoms with E-state index in [0.29, 0.717) is 28.2 Å². The largest absolute Gasteiger partial charge is 0.322 e. The molecule has 0 aliphatic rings. The summed E-state index contributed by atoms with van der Waals surface area (Å²) in [7, 11) is 0. The molecule has 1 heterocycles. The number of nitro groups is 1. The fourth-order valence-corrected chi connectivity index (χ4v) is 5.71. The number of nitro benzene ring substituents is 1. The van der Waals surface area contributed by atoms with E-state index in [1.54, 1.807) is 18.2 Å². The number of benzene rings is 3. The zero-order valence-electron chi connectivity index (χ0n) is 21.1. The Morgan fingerprint density at radius 1 is 1.08 bits per heavy atom. The number of nitrogens with zero attached hydrogens (tertiary/aromatic N) is 2. The van der Waals surface area contributed by atoms with Crippen molar-refractivity contribution in [3.63, 3.8) is 0 Å². The smallest absolute Gasteiger partial charge is 0.269 e. The summed E-state index contributed by atoms with van der Waals surface area (Å²) in [5.74, 6) is -0.612. The minimum atomic E-state index is -0.523. The highest BCUT2D eigenvalue weighted by Gasteiger charge is 2.22. The summed E-state index contributed by atoms with van der Waals surface area (Å²) in [5.41, 5.74) is 4.00. The van der Waals surface area contributed by atoms with Crippen LogP contribution in [0.15, 0.2) is 83.1 Å². The normalized spacial score (nSPS) is 11.3. The Kier molecular flexibility index (Phi) is 8.76. The van der Waals surface area contributed by atoms with Crippen molar-refractivity contribution >= 4 is 51.3 Å². The van der Waals surface area contributed by atoms with Gasteiger partial charge in [0, 0.05) is 39.2 Å².